The van der Waals surface area contributed by atoms with Crippen molar-refractivity contribution in [3.63, 3.8) is 0 Å². The van der Waals surface area contributed by atoms with Gasteiger partial charge in [0.1, 0.15) is 5.75 Å². The molecule has 2 aromatic carbocycles. The van der Waals surface area contributed by atoms with Crippen molar-refractivity contribution < 1.29 is 9.53 Å². The first-order valence-electron chi connectivity index (χ1n) is 7.68. The summed E-state index contributed by atoms with van der Waals surface area (Å²) in [6.45, 7) is 3.97. The molecule has 0 aliphatic heterocycles. The standard InChI is InChI=1S/C19H17ClN2O2S/c1-11-10-13(8-9-16(11)24-3)17-12(2)25-19(21-17)22-18(23)14-6-4-5-7-15(14)20/h4-10H,1-3H3,(H,21,22,23). The zero-order chi connectivity index (χ0) is 18.0. The summed E-state index contributed by atoms with van der Waals surface area (Å²) in [5.41, 5.74) is 3.31. The number of halogens is 1. The van der Waals surface area contributed by atoms with Gasteiger partial charge < -0.3 is 4.74 Å². The van der Waals surface area contributed by atoms with Crippen molar-refractivity contribution in [3.05, 3.63) is 63.5 Å². The van der Waals surface area contributed by atoms with E-state index in [4.69, 9.17) is 16.3 Å². The molecule has 0 aliphatic rings. The highest BCUT2D eigenvalue weighted by Crippen LogP contribution is 2.33. The average Bonchev–Trinajstić information content (AvgIpc) is 2.95. The van der Waals surface area contributed by atoms with Gasteiger partial charge in [-0.2, -0.15) is 0 Å². The molecule has 4 nitrogen and oxygen atoms in total. The Balaban J connectivity index is 1.87. The van der Waals surface area contributed by atoms with Crippen molar-refractivity contribution in [3.8, 4) is 17.0 Å². The summed E-state index contributed by atoms with van der Waals surface area (Å²) in [6, 6.07) is 12.9. The number of anilines is 1. The molecule has 0 fully saturated rings. The smallest absolute Gasteiger partial charge is 0.258 e. The second-order valence-electron chi connectivity index (χ2n) is 5.54. The highest BCUT2D eigenvalue weighted by atomic mass is 35.5. The molecule has 0 aliphatic carbocycles. The highest BCUT2D eigenvalue weighted by molar-refractivity contribution is 7.16. The Labute approximate surface area is 155 Å². The van der Waals surface area contributed by atoms with E-state index in [9.17, 15) is 4.79 Å². The maximum atomic E-state index is 12.4. The molecule has 25 heavy (non-hydrogen) atoms. The normalized spacial score (nSPS) is 10.6. The second-order valence-corrected chi connectivity index (χ2v) is 7.15. The van der Waals surface area contributed by atoms with Gasteiger partial charge in [-0.3, -0.25) is 10.1 Å². The van der Waals surface area contributed by atoms with Gasteiger partial charge in [0.05, 0.1) is 23.4 Å². The van der Waals surface area contributed by atoms with Crippen LogP contribution in [0.15, 0.2) is 42.5 Å². The topological polar surface area (TPSA) is 51.2 Å². The number of nitrogens with zero attached hydrogens (tertiary/aromatic N) is 1. The van der Waals surface area contributed by atoms with Crippen LogP contribution in [0, 0.1) is 13.8 Å². The van der Waals surface area contributed by atoms with Gasteiger partial charge in [-0.1, -0.05) is 23.7 Å². The van der Waals surface area contributed by atoms with Crippen molar-refractivity contribution in [2.45, 2.75) is 13.8 Å². The number of aromatic nitrogens is 1. The van der Waals surface area contributed by atoms with Gasteiger partial charge in [0.25, 0.3) is 5.91 Å². The van der Waals surface area contributed by atoms with E-state index >= 15 is 0 Å². The Morgan fingerprint density at radius 3 is 2.64 bits per heavy atom. The van der Waals surface area contributed by atoms with E-state index in [2.05, 4.69) is 10.3 Å². The largest absolute Gasteiger partial charge is 0.496 e. The number of rotatable bonds is 4. The fourth-order valence-corrected chi connectivity index (χ4v) is 3.61. The van der Waals surface area contributed by atoms with E-state index in [0.29, 0.717) is 15.7 Å². The van der Waals surface area contributed by atoms with Gasteiger partial charge in [-0.15, -0.1) is 11.3 Å². The number of ether oxygens (including phenoxy) is 1. The van der Waals surface area contributed by atoms with E-state index in [1.54, 1.807) is 31.4 Å². The molecular weight excluding hydrogens is 356 g/mol. The lowest BCUT2D eigenvalue weighted by atomic mass is 10.1. The van der Waals surface area contributed by atoms with Crippen LogP contribution in [0.4, 0.5) is 5.13 Å². The molecule has 0 saturated carbocycles. The first kappa shape index (κ1) is 17.5. The zero-order valence-electron chi connectivity index (χ0n) is 14.1. The predicted octanol–water partition coefficient (Wildman–Crippen LogP) is 5.34. The zero-order valence-corrected chi connectivity index (χ0v) is 15.7. The van der Waals surface area contributed by atoms with Crippen LogP contribution in [-0.2, 0) is 0 Å². The number of carbonyl (C=O) groups is 1. The van der Waals surface area contributed by atoms with E-state index in [1.165, 1.54) is 11.3 Å². The van der Waals surface area contributed by atoms with Crippen LogP contribution in [-0.4, -0.2) is 18.0 Å². The number of amides is 1. The molecular formula is C19H17ClN2O2S. The van der Waals surface area contributed by atoms with Crippen molar-refractivity contribution in [1.29, 1.82) is 0 Å². The number of nitrogens with one attached hydrogen (secondary N) is 1. The Hall–Kier alpha value is -2.37. The van der Waals surface area contributed by atoms with Gasteiger partial charge >= 0.3 is 0 Å². The number of benzene rings is 2. The van der Waals surface area contributed by atoms with E-state index in [1.807, 2.05) is 32.0 Å². The summed E-state index contributed by atoms with van der Waals surface area (Å²) in [7, 11) is 1.65. The maximum Gasteiger partial charge on any atom is 0.258 e. The quantitative estimate of drug-likeness (QED) is 0.672. The molecule has 0 spiro atoms. The third-order valence-corrected chi connectivity index (χ3v) is 5.02. The summed E-state index contributed by atoms with van der Waals surface area (Å²) in [5, 5.41) is 3.79. The number of aryl methyl sites for hydroxylation is 2. The number of hydrogen-bond donors (Lipinski definition) is 1. The third kappa shape index (κ3) is 3.67. The average molecular weight is 373 g/mol. The van der Waals surface area contributed by atoms with Crippen LogP contribution >= 0.6 is 22.9 Å². The van der Waals surface area contributed by atoms with Crippen LogP contribution in [0.3, 0.4) is 0 Å². The summed E-state index contributed by atoms with van der Waals surface area (Å²) in [6.07, 6.45) is 0. The molecule has 3 rings (SSSR count). The molecule has 0 saturated heterocycles. The van der Waals surface area contributed by atoms with E-state index in [0.717, 1.165) is 27.4 Å². The van der Waals surface area contributed by atoms with Crippen molar-refractivity contribution >= 4 is 34.0 Å². The Kier molecular flexibility index (Phi) is 5.06. The van der Waals surface area contributed by atoms with E-state index in [-0.39, 0.29) is 5.91 Å². The minimum absolute atomic E-state index is 0.267. The SMILES string of the molecule is COc1ccc(-c2nc(NC(=O)c3ccccc3Cl)sc2C)cc1C. The maximum absolute atomic E-state index is 12.4. The molecule has 0 atom stereocenters. The summed E-state index contributed by atoms with van der Waals surface area (Å²) < 4.78 is 5.30. The summed E-state index contributed by atoms with van der Waals surface area (Å²) >= 11 is 7.51. The first-order chi connectivity index (χ1) is 12.0. The van der Waals surface area contributed by atoms with Gasteiger partial charge in [-0.05, 0) is 49.7 Å². The molecule has 0 bridgehead atoms. The van der Waals surface area contributed by atoms with Gasteiger partial charge in [-0.25, -0.2) is 4.98 Å². The monoisotopic (exact) mass is 372 g/mol. The lowest BCUT2D eigenvalue weighted by molar-refractivity contribution is 0.102. The number of carbonyl (C=O) groups excluding carboxylic acids is 1. The lowest BCUT2D eigenvalue weighted by Crippen LogP contribution is -2.12. The van der Waals surface area contributed by atoms with Crippen molar-refractivity contribution in [2.75, 3.05) is 12.4 Å². The first-order valence-corrected chi connectivity index (χ1v) is 8.87. The van der Waals surface area contributed by atoms with Crippen LogP contribution in [0.5, 0.6) is 5.75 Å². The van der Waals surface area contributed by atoms with Crippen molar-refractivity contribution in [1.82, 2.24) is 4.98 Å². The van der Waals surface area contributed by atoms with Crippen LogP contribution in [0.2, 0.25) is 5.02 Å². The molecule has 1 heterocycles. The molecule has 1 N–H and O–H groups in total. The Morgan fingerprint density at radius 2 is 1.96 bits per heavy atom. The fourth-order valence-electron chi connectivity index (χ4n) is 2.55. The van der Waals surface area contributed by atoms with E-state index < -0.39 is 0 Å². The lowest BCUT2D eigenvalue weighted by Gasteiger charge is -2.06. The highest BCUT2D eigenvalue weighted by Gasteiger charge is 2.15. The Morgan fingerprint density at radius 1 is 1.20 bits per heavy atom. The minimum Gasteiger partial charge on any atom is -0.496 e. The van der Waals surface area contributed by atoms with Crippen LogP contribution in [0.25, 0.3) is 11.3 Å². The van der Waals surface area contributed by atoms with Crippen LogP contribution < -0.4 is 10.1 Å². The van der Waals surface area contributed by atoms with Crippen LogP contribution in [0.1, 0.15) is 20.8 Å². The molecule has 0 radical (unpaired) electrons. The van der Waals surface area contributed by atoms with Gasteiger partial charge in [0.2, 0.25) is 0 Å². The summed E-state index contributed by atoms with van der Waals surface area (Å²) in [4.78, 5) is 18.0. The minimum atomic E-state index is -0.267. The fraction of sp³-hybridized carbons (Fsp3) is 0.158. The third-order valence-electron chi connectivity index (χ3n) is 3.80. The summed E-state index contributed by atoms with van der Waals surface area (Å²) in [5.74, 6) is 0.570. The van der Waals surface area contributed by atoms with Gasteiger partial charge in [0, 0.05) is 10.4 Å². The Bertz CT molecular complexity index is 937. The molecule has 128 valence electrons. The molecule has 1 aromatic heterocycles. The predicted molar refractivity (Wildman–Crippen MR) is 103 cm³/mol. The second kappa shape index (κ2) is 7.25. The molecule has 6 heteroatoms. The van der Waals surface area contributed by atoms with Gasteiger partial charge in [0.15, 0.2) is 5.13 Å². The molecule has 0 unspecified atom stereocenters. The number of hydrogen-bond acceptors (Lipinski definition) is 4. The molecule has 3 aromatic rings. The van der Waals surface area contributed by atoms with Crippen molar-refractivity contribution in [2.24, 2.45) is 0 Å². The molecule has 1 amide bonds. The number of methoxy groups -OCH3 is 1. The number of thiazole rings is 1.